The highest BCUT2D eigenvalue weighted by Crippen LogP contribution is 2.40. The van der Waals surface area contributed by atoms with E-state index < -0.39 is 0 Å². The molecule has 0 aromatic carbocycles. The summed E-state index contributed by atoms with van der Waals surface area (Å²) in [4.78, 5) is 11.9. The number of aromatic nitrogens is 3. The molecule has 1 spiro atoms. The number of imidazole rings is 1. The zero-order valence-electron chi connectivity index (χ0n) is 13.4. The third-order valence-corrected chi connectivity index (χ3v) is 5.19. The topological polar surface area (TPSA) is 72.1 Å². The first kappa shape index (κ1) is 14.9. The summed E-state index contributed by atoms with van der Waals surface area (Å²) in [6.07, 6.45) is 7.87. The van der Waals surface area contributed by atoms with E-state index >= 15 is 0 Å². The van der Waals surface area contributed by atoms with E-state index in [2.05, 4.69) is 20.3 Å². The van der Waals surface area contributed by atoms with Gasteiger partial charge in [0.1, 0.15) is 0 Å². The third kappa shape index (κ3) is 3.33. The second-order valence-electron chi connectivity index (χ2n) is 6.76. The maximum atomic E-state index is 6.13. The van der Waals surface area contributed by atoms with Gasteiger partial charge < -0.3 is 19.8 Å². The van der Waals surface area contributed by atoms with E-state index in [4.69, 9.17) is 9.47 Å². The predicted molar refractivity (Wildman–Crippen MR) is 88.5 cm³/mol. The average Bonchev–Trinajstić information content (AvgIpc) is 3.00. The summed E-state index contributed by atoms with van der Waals surface area (Å²) < 4.78 is 11.6. The van der Waals surface area contributed by atoms with Gasteiger partial charge in [-0.15, -0.1) is 0 Å². The van der Waals surface area contributed by atoms with Gasteiger partial charge in [-0.1, -0.05) is 0 Å². The number of rotatable bonds is 4. The molecule has 1 unspecified atom stereocenters. The lowest BCUT2D eigenvalue weighted by Crippen LogP contribution is -2.40. The van der Waals surface area contributed by atoms with Crippen molar-refractivity contribution in [1.82, 2.24) is 15.0 Å². The van der Waals surface area contributed by atoms with Gasteiger partial charge in [0.2, 0.25) is 5.95 Å². The molecule has 2 aromatic rings. The Morgan fingerprint density at radius 2 is 2.22 bits per heavy atom. The average molecular weight is 316 g/mol. The fourth-order valence-electron chi connectivity index (χ4n) is 3.62. The highest BCUT2D eigenvalue weighted by Gasteiger charge is 2.37. The van der Waals surface area contributed by atoms with E-state index in [0.717, 1.165) is 69.2 Å². The van der Waals surface area contributed by atoms with E-state index in [1.165, 1.54) is 6.42 Å². The SMILES string of the molecule is c1cnc2nc(NCCC3CCC4(CCOCC4)CO3)[nH]c2c1. The number of hydrogen-bond donors (Lipinski definition) is 2. The predicted octanol–water partition coefficient (Wildman–Crippen LogP) is 2.74. The van der Waals surface area contributed by atoms with Crippen molar-refractivity contribution in [2.75, 3.05) is 31.7 Å². The van der Waals surface area contributed by atoms with E-state index in [9.17, 15) is 0 Å². The van der Waals surface area contributed by atoms with Gasteiger partial charge >= 0.3 is 0 Å². The Hall–Kier alpha value is -1.66. The summed E-state index contributed by atoms with van der Waals surface area (Å²) in [5.74, 6) is 0.787. The van der Waals surface area contributed by atoms with Crippen LogP contribution < -0.4 is 5.32 Å². The number of H-pyrrole nitrogens is 1. The van der Waals surface area contributed by atoms with E-state index in [-0.39, 0.29) is 0 Å². The molecule has 2 saturated heterocycles. The number of aromatic amines is 1. The molecule has 4 heterocycles. The number of anilines is 1. The van der Waals surface area contributed by atoms with Crippen LogP contribution in [0.15, 0.2) is 18.3 Å². The minimum atomic E-state index is 0.360. The zero-order chi connectivity index (χ0) is 15.5. The fraction of sp³-hybridized carbons (Fsp3) is 0.647. The highest BCUT2D eigenvalue weighted by atomic mass is 16.5. The van der Waals surface area contributed by atoms with Gasteiger partial charge in [0.25, 0.3) is 0 Å². The maximum absolute atomic E-state index is 6.13. The molecular formula is C17H24N4O2. The molecule has 6 heteroatoms. The standard InChI is InChI=1S/C17H24N4O2/c1-2-14-15(18-8-1)21-16(20-14)19-9-4-13-3-5-17(12-23-13)6-10-22-11-7-17/h1-2,8,13H,3-7,9-12H2,(H2,18,19,20,21). The minimum absolute atomic E-state index is 0.360. The van der Waals surface area contributed by atoms with Crippen LogP contribution in [0.1, 0.15) is 32.1 Å². The van der Waals surface area contributed by atoms with Crippen molar-refractivity contribution in [3.8, 4) is 0 Å². The van der Waals surface area contributed by atoms with Gasteiger partial charge in [0, 0.05) is 26.0 Å². The molecule has 2 fully saturated rings. The molecule has 2 aliphatic heterocycles. The molecule has 6 nitrogen and oxygen atoms in total. The van der Waals surface area contributed by atoms with E-state index in [0.29, 0.717) is 11.5 Å². The molecular weight excluding hydrogens is 292 g/mol. The van der Waals surface area contributed by atoms with Crippen molar-refractivity contribution in [2.24, 2.45) is 5.41 Å². The number of fused-ring (bicyclic) bond motifs is 1. The molecule has 2 N–H and O–H groups in total. The summed E-state index contributed by atoms with van der Waals surface area (Å²) in [5, 5.41) is 3.35. The largest absolute Gasteiger partial charge is 0.381 e. The minimum Gasteiger partial charge on any atom is -0.381 e. The molecule has 0 amide bonds. The summed E-state index contributed by atoms with van der Waals surface area (Å²) >= 11 is 0. The van der Waals surface area contributed by atoms with Crippen molar-refractivity contribution in [3.05, 3.63) is 18.3 Å². The molecule has 1 atom stereocenters. The lowest BCUT2D eigenvalue weighted by Gasteiger charge is -2.42. The Labute approximate surface area is 136 Å². The summed E-state index contributed by atoms with van der Waals surface area (Å²) in [6.45, 7) is 3.56. The van der Waals surface area contributed by atoms with Gasteiger partial charge in [-0.3, -0.25) is 0 Å². The Morgan fingerprint density at radius 3 is 3.00 bits per heavy atom. The Morgan fingerprint density at radius 1 is 1.30 bits per heavy atom. The van der Waals surface area contributed by atoms with Crippen LogP contribution in [0.25, 0.3) is 11.2 Å². The normalized spacial score (nSPS) is 24.1. The Kier molecular flexibility index (Phi) is 4.18. The van der Waals surface area contributed by atoms with Crippen molar-refractivity contribution >= 4 is 17.1 Å². The van der Waals surface area contributed by atoms with Gasteiger partial charge in [0.05, 0.1) is 18.2 Å². The quantitative estimate of drug-likeness (QED) is 0.907. The number of nitrogens with one attached hydrogen (secondary N) is 2. The molecule has 2 aliphatic rings. The van der Waals surface area contributed by atoms with E-state index in [1.807, 2.05) is 12.1 Å². The number of pyridine rings is 1. The van der Waals surface area contributed by atoms with Crippen LogP contribution in [-0.4, -0.2) is 47.4 Å². The molecule has 2 aromatic heterocycles. The smallest absolute Gasteiger partial charge is 0.202 e. The second-order valence-corrected chi connectivity index (χ2v) is 6.76. The van der Waals surface area contributed by atoms with Crippen LogP contribution in [0.2, 0.25) is 0 Å². The van der Waals surface area contributed by atoms with Crippen molar-refractivity contribution in [2.45, 2.75) is 38.2 Å². The van der Waals surface area contributed by atoms with Gasteiger partial charge in [-0.05, 0) is 49.7 Å². The number of hydrogen-bond acceptors (Lipinski definition) is 5. The van der Waals surface area contributed by atoms with Crippen molar-refractivity contribution < 1.29 is 9.47 Å². The van der Waals surface area contributed by atoms with Gasteiger partial charge in [0.15, 0.2) is 5.65 Å². The Balaban J connectivity index is 1.24. The van der Waals surface area contributed by atoms with Crippen LogP contribution >= 0.6 is 0 Å². The highest BCUT2D eigenvalue weighted by molar-refractivity contribution is 5.72. The Bertz CT molecular complexity index is 608. The lowest BCUT2D eigenvalue weighted by molar-refractivity contribution is -0.105. The second kappa shape index (κ2) is 6.45. The first-order valence-corrected chi connectivity index (χ1v) is 8.57. The molecule has 0 aliphatic carbocycles. The molecule has 0 bridgehead atoms. The van der Waals surface area contributed by atoms with Crippen LogP contribution in [0.4, 0.5) is 5.95 Å². The fourth-order valence-corrected chi connectivity index (χ4v) is 3.62. The summed E-state index contributed by atoms with van der Waals surface area (Å²) in [7, 11) is 0. The maximum Gasteiger partial charge on any atom is 0.202 e. The van der Waals surface area contributed by atoms with E-state index in [1.54, 1.807) is 6.20 Å². The van der Waals surface area contributed by atoms with Crippen LogP contribution in [0, 0.1) is 5.41 Å². The van der Waals surface area contributed by atoms with Crippen LogP contribution in [0.5, 0.6) is 0 Å². The first-order valence-electron chi connectivity index (χ1n) is 8.57. The molecule has 23 heavy (non-hydrogen) atoms. The first-order chi connectivity index (χ1) is 11.3. The van der Waals surface area contributed by atoms with Crippen molar-refractivity contribution in [1.29, 1.82) is 0 Å². The summed E-state index contributed by atoms with van der Waals surface area (Å²) in [5.41, 5.74) is 2.11. The molecule has 4 rings (SSSR count). The number of nitrogens with zero attached hydrogens (tertiary/aromatic N) is 2. The zero-order valence-corrected chi connectivity index (χ0v) is 13.4. The van der Waals surface area contributed by atoms with Gasteiger partial charge in [-0.25, -0.2) is 4.98 Å². The molecule has 0 saturated carbocycles. The molecule has 0 radical (unpaired) electrons. The van der Waals surface area contributed by atoms with Crippen LogP contribution in [0.3, 0.4) is 0 Å². The van der Waals surface area contributed by atoms with Crippen molar-refractivity contribution in [3.63, 3.8) is 0 Å². The molecule has 124 valence electrons. The lowest BCUT2D eigenvalue weighted by atomic mass is 9.75. The third-order valence-electron chi connectivity index (χ3n) is 5.19. The number of ether oxygens (including phenoxy) is 2. The monoisotopic (exact) mass is 316 g/mol. The summed E-state index contributed by atoms with van der Waals surface area (Å²) in [6, 6.07) is 3.89. The van der Waals surface area contributed by atoms with Crippen LogP contribution in [-0.2, 0) is 9.47 Å². The van der Waals surface area contributed by atoms with Gasteiger partial charge in [-0.2, -0.15) is 4.98 Å².